The van der Waals surface area contributed by atoms with E-state index in [0.29, 0.717) is 16.5 Å². The Balaban J connectivity index is 2.29. The van der Waals surface area contributed by atoms with Gasteiger partial charge in [0.05, 0.1) is 12.8 Å². The molecule has 0 unspecified atom stereocenters. The maximum atomic E-state index is 12.5. The summed E-state index contributed by atoms with van der Waals surface area (Å²) in [5.41, 5.74) is 4.04. The number of amides is 2. The Kier molecular flexibility index (Phi) is 6.27. The van der Waals surface area contributed by atoms with Crippen LogP contribution in [0.5, 0.6) is 5.75 Å². The van der Waals surface area contributed by atoms with Gasteiger partial charge in [-0.15, -0.1) is 0 Å². The number of rotatable bonds is 5. The third-order valence-electron chi connectivity index (χ3n) is 4.10. The van der Waals surface area contributed by atoms with Crippen LogP contribution in [0.3, 0.4) is 0 Å². The monoisotopic (exact) mass is 374 g/mol. The van der Waals surface area contributed by atoms with Gasteiger partial charge in [0, 0.05) is 23.7 Å². The summed E-state index contributed by atoms with van der Waals surface area (Å²) in [5.74, 6) is -0.111. The van der Waals surface area contributed by atoms with Gasteiger partial charge >= 0.3 is 0 Å². The van der Waals surface area contributed by atoms with Gasteiger partial charge in [-0.25, -0.2) is 0 Å². The predicted molar refractivity (Wildman–Crippen MR) is 105 cm³/mol. The molecule has 2 aromatic carbocycles. The van der Waals surface area contributed by atoms with Gasteiger partial charge in [-0.1, -0.05) is 23.7 Å². The Bertz CT molecular complexity index is 849. The summed E-state index contributed by atoms with van der Waals surface area (Å²) in [6.45, 7) is 7.00. The molecular formula is C20H23ClN2O3. The maximum absolute atomic E-state index is 12.5. The average molecular weight is 375 g/mol. The molecule has 0 aliphatic rings. The van der Waals surface area contributed by atoms with Gasteiger partial charge in [-0.3, -0.25) is 14.5 Å². The third kappa shape index (κ3) is 4.55. The molecule has 138 valence electrons. The second kappa shape index (κ2) is 8.23. The first-order chi connectivity index (χ1) is 12.2. The van der Waals surface area contributed by atoms with Crippen LogP contribution in [-0.4, -0.2) is 25.5 Å². The summed E-state index contributed by atoms with van der Waals surface area (Å²) in [6, 6.07) is 9.21. The van der Waals surface area contributed by atoms with E-state index < -0.39 is 0 Å². The quantitative estimate of drug-likeness (QED) is 0.850. The van der Waals surface area contributed by atoms with Crippen molar-refractivity contribution in [3.8, 4) is 5.75 Å². The fraction of sp³-hybridized carbons (Fsp3) is 0.300. The van der Waals surface area contributed by atoms with Crippen molar-refractivity contribution in [2.45, 2.75) is 27.7 Å². The number of carbonyl (C=O) groups excluding carboxylic acids is 2. The fourth-order valence-corrected chi connectivity index (χ4v) is 2.75. The summed E-state index contributed by atoms with van der Waals surface area (Å²) < 4.78 is 5.34. The number of nitrogens with one attached hydrogen (secondary N) is 1. The number of benzene rings is 2. The molecule has 2 rings (SSSR count). The number of halogens is 1. The van der Waals surface area contributed by atoms with Crippen LogP contribution in [-0.2, 0) is 9.59 Å². The van der Waals surface area contributed by atoms with E-state index in [1.807, 2.05) is 39.0 Å². The van der Waals surface area contributed by atoms with Crippen molar-refractivity contribution < 1.29 is 14.3 Å². The molecule has 1 N–H and O–H groups in total. The molecule has 6 heteroatoms. The highest BCUT2D eigenvalue weighted by atomic mass is 35.5. The van der Waals surface area contributed by atoms with E-state index in [2.05, 4.69) is 5.32 Å². The molecule has 0 heterocycles. The highest BCUT2D eigenvalue weighted by molar-refractivity contribution is 6.31. The molecule has 26 heavy (non-hydrogen) atoms. The van der Waals surface area contributed by atoms with Crippen LogP contribution < -0.4 is 15.0 Å². The lowest BCUT2D eigenvalue weighted by Gasteiger charge is -2.24. The van der Waals surface area contributed by atoms with Crippen LogP contribution in [0.25, 0.3) is 0 Å². The first-order valence-electron chi connectivity index (χ1n) is 8.22. The van der Waals surface area contributed by atoms with Gasteiger partial charge in [0.25, 0.3) is 0 Å². The number of methoxy groups -OCH3 is 1. The Morgan fingerprint density at radius 2 is 1.81 bits per heavy atom. The van der Waals surface area contributed by atoms with E-state index in [1.54, 1.807) is 12.1 Å². The van der Waals surface area contributed by atoms with Crippen LogP contribution in [0.1, 0.15) is 23.6 Å². The van der Waals surface area contributed by atoms with E-state index >= 15 is 0 Å². The lowest BCUT2D eigenvalue weighted by molar-refractivity contribution is -0.120. The van der Waals surface area contributed by atoms with Gasteiger partial charge in [-0.05, 0) is 49.6 Å². The van der Waals surface area contributed by atoms with Gasteiger partial charge < -0.3 is 10.1 Å². The zero-order chi connectivity index (χ0) is 19.4. The fourth-order valence-electron chi connectivity index (χ4n) is 2.59. The van der Waals surface area contributed by atoms with Crippen molar-refractivity contribution in [2.24, 2.45) is 0 Å². The molecule has 0 saturated heterocycles. The van der Waals surface area contributed by atoms with Crippen LogP contribution in [0.4, 0.5) is 11.4 Å². The Morgan fingerprint density at radius 1 is 1.12 bits per heavy atom. The Morgan fingerprint density at radius 3 is 2.42 bits per heavy atom. The average Bonchev–Trinajstić information content (AvgIpc) is 2.58. The standard InChI is InChI=1S/C20H23ClN2O3/c1-12-6-7-13(2)17(8-12)22-20(25)11-23(15(4)24)18-9-14(3)16(21)10-19(18)26-5/h6-10H,11H2,1-5H3,(H,22,25). The summed E-state index contributed by atoms with van der Waals surface area (Å²) in [5, 5.41) is 3.41. The molecule has 0 radical (unpaired) electrons. The van der Waals surface area contributed by atoms with Crippen LogP contribution in [0, 0.1) is 20.8 Å². The molecule has 0 aliphatic heterocycles. The van der Waals surface area contributed by atoms with Crippen molar-refractivity contribution in [2.75, 3.05) is 23.9 Å². The molecule has 0 bridgehead atoms. The lowest BCUT2D eigenvalue weighted by Crippen LogP contribution is -2.37. The molecule has 0 aliphatic carbocycles. The summed E-state index contributed by atoms with van der Waals surface area (Å²) >= 11 is 6.13. The van der Waals surface area contributed by atoms with Crippen molar-refractivity contribution in [3.05, 3.63) is 52.0 Å². The van der Waals surface area contributed by atoms with E-state index in [-0.39, 0.29) is 18.4 Å². The van der Waals surface area contributed by atoms with E-state index in [9.17, 15) is 9.59 Å². The van der Waals surface area contributed by atoms with Crippen molar-refractivity contribution in [1.29, 1.82) is 0 Å². The molecule has 2 aromatic rings. The van der Waals surface area contributed by atoms with Gasteiger partial charge in [0.1, 0.15) is 12.3 Å². The zero-order valence-electron chi connectivity index (χ0n) is 15.6. The molecule has 2 amide bonds. The normalized spacial score (nSPS) is 10.4. The second-order valence-electron chi connectivity index (χ2n) is 6.24. The van der Waals surface area contributed by atoms with Crippen molar-refractivity contribution in [1.82, 2.24) is 0 Å². The zero-order valence-corrected chi connectivity index (χ0v) is 16.4. The molecule has 0 atom stereocenters. The van der Waals surface area contributed by atoms with Gasteiger partial charge in [-0.2, -0.15) is 0 Å². The minimum absolute atomic E-state index is 0.125. The first-order valence-corrected chi connectivity index (χ1v) is 8.60. The van der Waals surface area contributed by atoms with Crippen molar-refractivity contribution >= 4 is 34.8 Å². The van der Waals surface area contributed by atoms with Crippen LogP contribution >= 0.6 is 11.6 Å². The summed E-state index contributed by atoms with van der Waals surface area (Å²) in [7, 11) is 1.50. The number of carbonyl (C=O) groups is 2. The van der Waals surface area contributed by atoms with Crippen molar-refractivity contribution in [3.63, 3.8) is 0 Å². The maximum Gasteiger partial charge on any atom is 0.244 e. The number of ether oxygens (including phenoxy) is 1. The summed E-state index contributed by atoms with van der Waals surface area (Å²) in [6.07, 6.45) is 0. The number of hydrogen-bond acceptors (Lipinski definition) is 3. The van der Waals surface area contributed by atoms with Crippen LogP contribution in [0.15, 0.2) is 30.3 Å². The van der Waals surface area contributed by atoms with Gasteiger partial charge in [0.2, 0.25) is 11.8 Å². The van der Waals surface area contributed by atoms with E-state index in [4.69, 9.17) is 16.3 Å². The smallest absolute Gasteiger partial charge is 0.244 e. The molecule has 0 saturated carbocycles. The van der Waals surface area contributed by atoms with Gasteiger partial charge in [0.15, 0.2) is 0 Å². The Hall–Kier alpha value is -2.53. The number of anilines is 2. The lowest BCUT2D eigenvalue weighted by atomic mass is 10.1. The number of nitrogens with zero attached hydrogens (tertiary/aromatic N) is 1. The minimum atomic E-state index is -0.288. The number of hydrogen-bond donors (Lipinski definition) is 1. The molecule has 0 aromatic heterocycles. The molecule has 5 nitrogen and oxygen atoms in total. The van der Waals surface area contributed by atoms with Crippen LogP contribution in [0.2, 0.25) is 5.02 Å². The number of aryl methyl sites for hydroxylation is 3. The largest absolute Gasteiger partial charge is 0.495 e. The molecule has 0 fully saturated rings. The third-order valence-corrected chi connectivity index (χ3v) is 4.51. The SMILES string of the molecule is COc1cc(Cl)c(C)cc1N(CC(=O)Nc1cc(C)ccc1C)C(C)=O. The minimum Gasteiger partial charge on any atom is -0.495 e. The van der Waals surface area contributed by atoms with E-state index in [0.717, 1.165) is 22.4 Å². The molecular weight excluding hydrogens is 352 g/mol. The summed E-state index contributed by atoms with van der Waals surface area (Å²) in [4.78, 5) is 26.1. The second-order valence-corrected chi connectivity index (χ2v) is 6.65. The Labute approximate surface area is 158 Å². The topological polar surface area (TPSA) is 58.6 Å². The first kappa shape index (κ1) is 19.8. The van der Waals surface area contributed by atoms with E-state index in [1.165, 1.54) is 18.9 Å². The highest BCUT2D eigenvalue weighted by Crippen LogP contribution is 2.34. The predicted octanol–water partition coefficient (Wildman–Crippen LogP) is 4.27. The highest BCUT2D eigenvalue weighted by Gasteiger charge is 2.21. The molecule has 0 spiro atoms.